The third kappa shape index (κ3) is 3.64. The molecule has 7 heteroatoms. The first-order chi connectivity index (χ1) is 10.3. The van der Waals surface area contributed by atoms with Gasteiger partial charge in [0.05, 0.1) is 10.1 Å². The van der Waals surface area contributed by atoms with Crippen molar-refractivity contribution >= 4 is 15.7 Å². The van der Waals surface area contributed by atoms with Gasteiger partial charge < -0.3 is 10.6 Å². The predicted octanol–water partition coefficient (Wildman–Crippen LogP) is 1.19. The molecule has 0 saturated carbocycles. The van der Waals surface area contributed by atoms with Crippen molar-refractivity contribution in [3.05, 3.63) is 30.1 Å². The minimum absolute atomic E-state index is 0.0375. The van der Waals surface area contributed by atoms with E-state index in [0.29, 0.717) is 25.6 Å². The van der Waals surface area contributed by atoms with Crippen LogP contribution in [-0.2, 0) is 14.6 Å². The highest BCUT2D eigenvalue weighted by Gasteiger charge is 2.30. The first kappa shape index (κ1) is 16.9. The van der Waals surface area contributed by atoms with Gasteiger partial charge in [0.1, 0.15) is 5.82 Å². The lowest BCUT2D eigenvalue weighted by molar-refractivity contribution is -0.130. The molecular formula is C15H21FN2O3S. The van der Waals surface area contributed by atoms with Crippen LogP contribution < -0.4 is 5.73 Å². The summed E-state index contributed by atoms with van der Waals surface area (Å²) in [5.41, 5.74) is 5.59. The molecule has 0 aliphatic carbocycles. The van der Waals surface area contributed by atoms with Crippen molar-refractivity contribution in [2.75, 3.05) is 19.6 Å². The van der Waals surface area contributed by atoms with Gasteiger partial charge in [0.2, 0.25) is 5.91 Å². The lowest BCUT2D eigenvalue weighted by atomic mass is 10.1. The van der Waals surface area contributed by atoms with Crippen LogP contribution in [0.1, 0.15) is 19.8 Å². The maximum Gasteiger partial charge on any atom is 0.223 e. The number of likely N-dealkylation sites (tertiary alicyclic amines) is 1. The number of halogens is 1. The van der Waals surface area contributed by atoms with E-state index in [1.165, 1.54) is 19.1 Å². The van der Waals surface area contributed by atoms with Gasteiger partial charge in [-0.1, -0.05) is 0 Å². The van der Waals surface area contributed by atoms with E-state index in [0.717, 1.165) is 18.6 Å². The van der Waals surface area contributed by atoms with E-state index in [1.54, 1.807) is 4.90 Å². The molecule has 1 saturated heterocycles. The van der Waals surface area contributed by atoms with Gasteiger partial charge in [-0.15, -0.1) is 0 Å². The third-order valence-corrected chi connectivity index (χ3v) is 6.26. The fraction of sp³-hybridized carbons (Fsp3) is 0.533. The number of nitrogens with zero attached hydrogens (tertiary/aromatic N) is 1. The molecule has 0 spiro atoms. The highest BCUT2D eigenvalue weighted by atomic mass is 32.2. The standard InChI is InChI=1S/C15H21FN2O3S/c1-11(8-15(19)18-7-6-12(9-17)10-18)22(20,21)14-4-2-13(16)3-5-14/h2-5,11-12H,6-10,17H2,1H3/t11-,12-/m1/s1. The van der Waals surface area contributed by atoms with E-state index in [4.69, 9.17) is 5.73 Å². The Labute approximate surface area is 130 Å². The van der Waals surface area contributed by atoms with Crippen molar-refractivity contribution in [3.63, 3.8) is 0 Å². The zero-order valence-corrected chi connectivity index (χ0v) is 13.4. The Hall–Kier alpha value is -1.47. The average Bonchev–Trinajstić information content (AvgIpc) is 2.96. The molecule has 0 aromatic heterocycles. The molecule has 2 rings (SSSR count). The SMILES string of the molecule is C[C@H](CC(=O)N1CC[C@H](CN)C1)S(=O)(=O)c1ccc(F)cc1. The second-order valence-corrected chi connectivity index (χ2v) is 8.11. The minimum Gasteiger partial charge on any atom is -0.342 e. The van der Waals surface area contributed by atoms with Gasteiger partial charge in [-0.25, -0.2) is 12.8 Å². The monoisotopic (exact) mass is 328 g/mol. The van der Waals surface area contributed by atoms with E-state index in [2.05, 4.69) is 0 Å². The summed E-state index contributed by atoms with van der Waals surface area (Å²) in [5.74, 6) is -0.366. The number of nitrogens with two attached hydrogens (primary N) is 1. The maximum absolute atomic E-state index is 12.9. The summed E-state index contributed by atoms with van der Waals surface area (Å²) >= 11 is 0. The van der Waals surface area contributed by atoms with Gasteiger partial charge in [-0.2, -0.15) is 0 Å². The number of sulfone groups is 1. The molecule has 0 bridgehead atoms. The number of hydrogen-bond acceptors (Lipinski definition) is 4. The first-order valence-corrected chi connectivity index (χ1v) is 8.86. The molecule has 1 aliphatic heterocycles. The van der Waals surface area contributed by atoms with Gasteiger partial charge in [0.25, 0.3) is 0 Å². The summed E-state index contributed by atoms with van der Waals surface area (Å²) in [6, 6.07) is 4.67. The molecule has 1 aliphatic rings. The van der Waals surface area contributed by atoms with Crippen molar-refractivity contribution < 1.29 is 17.6 Å². The van der Waals surface area contributed by atoms with E-state index in [9.17, 15) is 17.6 Å². The van der Waals surface area contributed by atoms with Gasteiger partial charge in [0, 0.05) is 19.5 Å². The summed E-state index contributed by atoms with van der Waals surface area (Å²) in [4.78, 5) is 13.9. The predicted molar refractivity (Wildman–Crippen MR) is 81.4 cm³/mol. The summed E-state index contributed by atoms with van der Waals surface area (Å²) in [6.45, 7) is 3.27. The zero-order valence-electron chi connectivity index (χ0n) is 12.5. The number of carbonyl (C=O) groups is 1. The molecule has 1 amide bonds. The van der Waals surface area contributed by atoms with E-state index >= 15 is 0 Å². The van der Waals surface area contributed by atoms with Crippen LogP contribution >= 0.6 is 0 Å². The van der Waals surface area contributed by atoms with Crippen molar-refractivity contribution in [1.82, 2.24) is 4.90 Å². The molecule has 122 valence electrons. The number of carbonyl (C=O) groups excluding carboxylic acids is 1. The number of rotatable bonds is 5. The van der Waals surface area contributed by atoms with E-state index in [-0.39, 0.29) is 17.2 Å². The zero-order chi connectivity index (χ0) is 16.3. The molecule has 1 fully saturated rings. The second kappa shape index (κ2) is 6.75. The van der Waals surface area contributed by atoms with Crippen molar-refractivity contribution in [2.45, 2.75) is 29.9 Å². The summed E-state index contributed by atoms with van der Waals surface area (Å²) in [5, 5.41) is -0.845. The quantitative estimate of drug-likeness (QED) is 0.823. The second-order valence-electron chi connectivity index (χ2n) is 5.74. The Kier molecular flexibility index (Phi) is 5.18. The number of hydrogen-bond donors (Lipinski definition) is 1. The smallest absolute Gasteiger partial charge is 0.223 e. The van der Waals surface area contributed by atoms with Gasteiger partial charge in [0.15, 0.2) is 9.84 Å². The summed E-state index contributed by atoms with van der Waals surface area (Å²) < 4.78 is 37.7. The molecule has 1 aromatic carbocycles. The fourth-order valence-electron chi connectivity index (χ4n) is 2.59. The number of amides is 1. The maximum atomic E-state index is 12.9. The van der Waals surface area contributed by atoms with Crippen molar-refractivity contribution in [2.24, 2.45) is 11.7 Å². The van der Waals surface area contributed by atoms with Crippen molar-refractivity contribution in [1.29, 1.82) is 0 Å². The Morgan fingerprint density at radius 2 is 2.05 bits per heavy atom. The number of benzene rings is 1. The highest BCUT2D eigenvalue weighted by Crippen LogP contribution is 2.21. The van der Waals surface area contributed by atoms with Gasteiger partial charge >= 0.3 is 0 Å². The van der Waals surface area contributed by atoms with Gasteiger partial charge in [-0.05, 0) is 50.1 Å². The minimum atomic E-state index is -3.64. The highest BCUT2D eigenvalue weighted by molar-refractivity contribution is 7.92. The molecule has 1 aromatic rings. The lowest BCUT2D eigenvalue weighted by Gasteiger charge is -2.19. The molecule has 2 atom stereocenters. The van der Waals surface area contributed by atoms with Crippen LogP contribution in [0.5, 0.6) is 0 Å². The fourth-order valence-corrected chi connectivity index (χ4v) is 3.93. The summed E-state index contributed by atoms with van der Waals surface area (Å²) in [6.07, 6.45) is 0.790. The Morgan fingerprint density at radius 1 is 1.41 bits per heavy atom. The van der Waals surface area contributed by atoms with Crippen LogP contribution in [0.15, 0.2) is 29.2 Å². The molecule has 0 unspecified atom stereocenters. The lowest BCUT2D eigenvalue weighted by Crippen LogP contribution is -2.33. The van der Waals surface area contributed by atoms with Crippen LogP contribution in [0.2, 0.25) is 0 Å². The Bertz CT molecular complexity index is 631. The summed E-state index contributed by atoms with van der Waals surface area (Å²) in [7, 11) is -3.64. The third-order valence-electron chi connectivity index (χ3n) is 4.11. The van der Waals surface area contributed by atoms with Crippen LogP contribution in [0, 0.1) is 11.7 Å². The molecule has 0 radical (unpaired) electrons. The molecule has 2 N–H and O–H groups in total. The van der Waals surface area contributed by atoms with Crippen LogP contribution in [0.4, 0.5) is 4.39 Å². The van der Waals surface area contributed by atoms with Gasteiger partial charge in [-0.3, -0.25) is 4.79 Å². The molecule has 22 heavy (non-hydrogen) atoms. The molecule has 1 heterocycles. The molecule has 5 nitrogen and oxygen atoms in total. The van der Waals surface area contributed by atoms with Crippen LogP contribution in [-0.4, -0.2) is 44.1 Å². The molecular weight excluding hydrogens is 307 g/mol. The van der Waals surface area contributed by atoms with E-state index < -0.39 is 20.9 Å². The Morgan fingerprint density at radius 3 is 2.59 bits per heavy atom. The average molecular weight is 328 g/mol. The van der Waals surface area contributed by atoms with E-state index in [1.807, 2.05) is 0 Å². The van der Waals surface area contributed by atoms with Crippen LogP contribution in [0.3, 0.4) is 0 Å². The Balaban J connectivity index is 2.03. The normalized spacial score (nSPS) is 20.1. The van der Waals surface area contributed by atoms with Crippen molar-refractivity contribution in [3.8, 4) is 0 Å². The van der Waals surface area contributed by atoms with Crippen LogP contribution in [0.25, 0.3) is 0 Å². The first-order valence-electron chi connectivity index (χ1n) is 7.32. The topological polar surface area (TPSA) is 80.5 Å². The largest absolute Gasteiger partial charge is 0.342 e.